The normalized spacial score (nSPS) is 19.1. The average molecular weight is 267 g/mol. The number of benzene rings is 1. The van der Waals surface area contributed by atoms with Crippen molar-refractivity contribution in [3.05, 3.63) is 29.6 Å². The van der Waals surface area contributed by atoms with Crippen LogP contribution in [0, 0.1) is 5.82 Å². The van der Waals surface area contributed by atoms with Gasteiger partial charge in [0, 0.05) is 13.2 Å². The van der Waals surface area contributed by atoms with E-state index in [1.165, 1.54) is 6.07 Å². The highest BCUT2D eigenvalue weighted by Crippen LogP contribution is 2.18. The minimum Gasteiger partial charge on any atom is -0.507 e. The van der Waals surface area contributed by atoms with E-state index in [4.69, 9.17) is 4.74 Å². The SMILES string of the molecule is O=C(NCCC1CCCCO1)c1cc(F)ccc1O. The minimum absolute atomic E-state index is 0.0374. The lowest BCUT2D eigenvalue weighted by molar-refractivity contribution is 0.0117. The Morgan fingerprint density at radius 1 is 1.47 bits per heavy atom. The zero-order valence-corrected chi connectivity index (χ0v) is 10.7. The number of amides is 1. The second-order valence-electron chi connectivity index (χ2n) is 4.69. The number of ether oxygens (including phenoxy) is 1. The fourth-order valence-corrected chi connectivity index (χ4v) is 2.17. The summed E-state index contributed by atoms with van der Waals surface area (Å²) in [4.78, 5) is 11.8. The number of hydrogen-bond acceptors (Lipinski definition) is 3. The second-order valence-corrected chi connectivity index (χ2v) is 4.69. The molecule has 1 aliphatic heterocycles. The topological polar surface area (TPSA) is 58.6 Å². The zero-order valence-electron chi connectivity index (χ0n) is 10.7. The number of nitrogens with one attached hydrogen (secondary N) is 1. The molecule has 0 aromatic heterocycles. The molecule has 1 aromatic rings. The number of aromatic hydroxyl groups is 1. The van der Waals surface area contributed by atoms with Crippen LogP contribution in [-0.2, 0) is 4.74 Å². The highest BCUT2D eigenvalue weighted by Gasteiger charge is 2.15. The number of carbonyl (C=O) groups is 1. The molecule has 5 heteroatoms. The van der Waals surface area contributed by atoms with Crippen molar-refractivity contribution >= 4 is 5.91 Å². The molecule has 1 aliphatic rings. The molecule has 1 aromatic carbocycles. The number of rotatable bonds is 4. The van der Waals surface area contributed by atoms with Gasteiger partial charge in [0.1, 0.15) is 11.6 Å². The summed E-state index contributed by atoms with van der Waals surface area (Å²) in [6.45, 7) is 1.24. The summed E-state index contributed by atoms with van der Waals surface area (Å²) >= 11 is 0. The average Bonchev–Trinajstić information content (AvgIpc) is 2.42. The Morgan fingerprint density at radius 2 is 2.32 bits per heavy atom. The molecule has 1 saturated heterocycles. The Hall–Kier alpha value is -1.62. The standard InChI is InChI=1S/C14H18FNO3/c15-10-4-5-13(17)12(9-10)14(18)16-7-6-11-3-1-2-8-19-11/h4-5,9,11,17H,1-3,6-8H2,(H,16,18). The van der Waals surface area contributed by atoms with Crippen LogP contribution >= 0.6 is 0 Å². The first-order valence-electron chi connectivity index (χ1n) is 6.55. The monoisotopic (exact) mass is 267 g/mol. The molecule has 0 aliphatic carbocycles. The maximum Gasteiger partial charge on any atom is 0.255 e. The van der Waals surface area contributed by atoms with E-state index in [1.807, 2.05) is 0 Å². The van der Waals surface area contributed by atoms with E-state index >= 15 is 0 Å². The van der Waals surface area contributed by atoms with E-state index < -0.39 is 11.7 Å². The fraction of sp³-hybridized carbons (Fsp3) is 0.500. The van der Waals surface area contributed by atoms with E-state index in [2.05, 4.69) is 5.32 Å². The lowest BCUT2D eigenvalue weighted by atomic mass is 10.1. The lowest BCUT2D eigenvalue weighted by Crippen LogP contribution is -2.29. The molecule has 0 saturated carbocycles. The summed E-state index contributed by atoms with van der Waals surface area (Å²) in [5.74, 6) is -1.22. The smallest absolute Gasteiger partial charge is 0.255 e. The van der Waals surface area contributed by atoms with Crippen LogP contribution in [-0.4, -0.2) is 30.3 Å². The number of phenols is 1. The third-order valence-corrected chi connectivity index (χ3v) is 3.23. The molecule has 19 heavy (non-hydrogen) atoms. The van der Waals surface area contributed by atoms with Crippen molar-refractivity contribution in [2.45, 2.75) is 31.8 Å². The molecular formula is C14H18FNO3. The molecule has 0 radical (unpaired) electrons. The molecule has 0 spiro atoms. The summed E-state index contributed by atoms with van der Waals surface area (Å²) in [6, 6.07) is 3.32. The zero-order chi connectivity index (χ0) is 13.7. The van der Waals surface area contributed by atoms with Crippen molar-refractivity contribution in [2.75, 3.05) is 13.2 Å². The van der Waals surface area contributed by atoms with Gasteiger partial charge in [-0.05, 0) is 43.9 Å². The second kappa shape index (κ2) is 6.52. The number of phenolic OH excluding ortho intramolecular Hbond substituents is 1. The van der Waals surface area contributed by atoms with Crippen LogP contribution in [0.15, 0.2) is 18.2 Å². The molecule has 1 heterocycles. The van der Waals surface area contributed by atoms with Crippen LogP contribution < -0.4 is 5.32 Å². The molecule has 1 unspecified atom stereocenters. The Morgan fingerprint density at radius 3 is 3.05 bits per heavy atom. The highest BCUT2D eigenvalue weighted by atomic mass is 19.1. The van der Waals surface area contributed by atoms with Gasteiger partial charge in [-0.3, -0.25) is 4.79 Å². The van der Waals surface area contributed by atoms with Gasteiger partial charge in [-0.15, -0.1) is 0 Å². The molecule has 0 bridgehead atoms. The van der Waals surface area contributed by atoms with E-state index in [-0.39, 0.29) is 17.4 Å². The summed E-state index contributed by atoms with van der Waals surface area (Å²) < 4.78 is 18.6. The Bertz CT molecular complexity index is 444. The summed E-state index contributed by atoms with van der Waals surface area (Å²) in [6.07, 6.45) is 4.20. The highest BCUT2D eigenvalue weighted by molar-refractivity contribution is 5.96. The third-order valence-electron chi connectivity index (χ3n) is 3.23. The number of carbonyl (C=O) groups excluding carboxylic acids is 1. The largest absolute Gasteiger partial charge is 0.507 e. The summed E-state index contributed by atoms with van der Waals surface area (Å²) in [7, 11) is 0. The number of hydrogen-bond donors (Lipinski definition) is 2. The van der Waals surface area contributed by atoms with E-state index in [1.54, 1.807) is 0 Å². The molecule has 2 rings (SSSR count). The van der Waals surface area contributed by atoms with Gasteiger partial charge < -0.3 is 15.2 Å². The first-order chi connectivity index (χ1) is 9.16. The van der Waals surface area contributed by atoms with E-state index in [0.29, 0.717) is 6.54 Å². The first-order valence-corrected chi connectivity index (χ1v) is 6.55. The van der Waals surface area contributed by atoms with Gasteiger partial charge in [-0.2, -0.15) is 0 Å². The van der Waals surface area contributed by atoms with Gasteiger partial charge in [0.15, 0.2) is 0 Å². The predicted octanol–water partition coefficient (Wildman–Crippen LogP) is 2.22. The molecular weight excluding hydrogens is 249 g/mol. The maximum atomic E-state index is 13.0. The Kier molecular flexibility index (Phi) is 4.74. The van der Waals surface area contributed by atoms with Gasteiger partial charge in [0.25, 0.3) is 5.91 Å². The van der Waals surface area contributed by atoms with Crippen LogP contribution in [0.3, 0.4) is 0 Å². The fourth-order valence-electron chi connectivity index (χ4n) is 2.17. The maximum absolute atomic E-state index is 13.0. The molecule has 4 nitrogen and oxygen atoms in total. The van der Waals surface area contributed by atoms with Crippen molar-refractivity contribution in [1.82, 2.24) is 5.32 Å². The predicted molar refractivity (Wildman–Crippen MR) is 68.6 cm³/mol. The number of halogens is 1. The summed E-state index contributed by atoms with van der Waals surface area (Å²) in [5.41, 5.74) is -0.0374. The lowest BCUT2D eigenvalue weighted by Gasteiger charge is -2.22. The third kappa shape index (κ3) is 3.92. The molecule has 1 atom stereocenters. The Labute approximate surface area is 111 Å². The summed E-state index contributed by atoms with van der Waals surface area (Å²) in [5, 5.41) is 12.2. The molecule has 1 fully saturated rings. The van der Waals surface area contributed by atoms with Crippen LogP contribution in [0.2, 0.25) is 0 Å². The van der Waals surface area contributed by atoms with Crippen molar-refractivity contribution in [2.24, 2.45) is 0 Å². The van der Waals surface area contributed by atoms with Crippen molar-refractivity contribution in [1.29, 1.82) is 0 Å². The molecule has 104 valence electrons. The van der Waals surface area contributed by atoms with Crippen LogP contribution in [0.1, 0.15) is 36.0 Å². The van der Waals surface area contributed by atoms with Gasteiger partial charge in [-0.1, -0.05) is 0 Å². The van der Waals surface area contributed by atoms with Crippen molar-refractivity contribution < 1.29 is 19.0 Å². The van der Waals surface area contributed by atoms with Gasteiger partial charge in [-0.25, -0.2) is 4.39 Å². The van der Waals surface area contributed by atoms with Gasteiger partial charge >= 0.3 is 0 Å². The quantitative estimate of drug-likeness (QED) is 0.879. The van der Waals surface area contributed by atoms with Crippen molar-refractivity contribution in [3.8, 4) is 5.75 Å². The van der Waals surface area contributed by atoms with Crippen LogP contribution in [0.4, 0.5) is 4.39 Å². The molecule has 1 amide bonds. The van der Waals surface area contributed by atoms with Crippen molar-refractivity contribution in [3.63, 3.8) is 0 Å². The van der Waals surface area contributed by atoms with Gasteiger partial charge in [0.2, 0.25) is 0 Å². The van der Waals surface area contributed by atoms with Crippen LogP contribution in [0.5, 0.6) is 5.75 Å². The van der Waals surface area contributed by atoms with Crippen LogP contribution in [0.25, 0.3) is 0 Å². The molecule has 2 N–H and O–H groups in total. The van der Waals surface area contributed by atoms with E-state index in [0.717, 1.165) is 44.4 Å². The Balaban J connectivity index is 1.82. The van der Waals surface area contributed by atoms with Gasteiger partial charge in [0.05, 0.1) is 11.7 Å². The first kappa shape index (κ1) is 13.8. The minimum atomic E-state index is -0.543. The van der Waals surface area contributed by atoms with E-state index in [9.17, 15) is 14.3 Å².